The van der Waals surface area contributed by atoms with Crippen LogP contribution in [0.3, 0.4) is 0 Å². The number of aldehydes is 1. The first kappa shape index (κ1) is 17.1. The third-order valence-corrected chi connectivity index (χ3v) is 10.2. The van der Waals surface area contributed by atoms with Crippen LogP contribution < -0.4 is 10.4 Å². The lowest BCUT2D eigenvalue weighted by Gasteiger charge is -2.33. The van der Waals surface area contributed by atoms with Crippen LogP contribution in [0.15, 0.2) is 60.7 Å². The molecule has 1 fully saturated rings. The van der Waals surface area contributed by atoms with E-state index in [-0.39, 0.29) is 11.6 Å². The van der Waals surface area contributed by atoms with Crippen LogP contribution >= 0.6 is 0 Å². The molecule has 0 spiro atoms. The fraction of sp³-hybridized carbons (Fsp3) is 0.381. The molecule has 1 aliphatic heterocycles. The van der Waals surface area contributed by atoms with E-state index in [1.165, 1.54) is 10.4 Å². The summed E-state index contributed by atoms with van der Waals surface area (Å²) in [5.74, 6) is 0.818. The summed E-state index contributed by atoms with van der Waals surface area (Å²) in [6, 6.07) is 21.2. The Labute approximate surface area is 146 Å². The van der Waals surface area contributed by atoms with E-state index in [1.807, 2.05) is 12.1 Å². The van der Waals surface area contributed by atoms with Gasteiger partial charge in [-0.1, -0.05) is 81.4 Å². The zero-order valence-electron chi connectivity index (χ0n) is 14.7. The second kappa shape index (κ2) is 7.04. The smallest absolute Gasteiger partial charge is 0.259 e. The monoisotopic (exact) mass is 338 g/mol. The minimum Gasteiger partial charge on any atom is -0.404 e. The third-order valence-electron chi connectivity index (χ3n) is 5.41. The molecule has 0 amide bonds. The molecule has 3 rings (SSSR count). The predicted octanol–water partition coefficient (Wildman–Crippen LogP) is 3.40. The third kappa shape index (κ3) is 2.76. The Morgan fingerprint density at radius 2 is 1.50 bits per heavy atom. The average Bonchev–Trinajstić information content (AvgIpc) is 2.91. The number of carbonyl (C=O) groups is 1. The Hall–Kier alpha value is -1.71. The highest BCUT2D eigenvalue weighted by Crippen LogP contribution is 2.45. The second-order valence-corrected chi connectivity index (χ2v) is 10.8. The minimum absolute atomic E-state index is 0.196. The van der Waals surface area contributed by atoms with Crippen LogP contribution in [0, 0.1) is 11.8 Å². The maximum atomic E-state index is 11.5. The van der Waals surface area contributed by atoms with Crippen molar-refractivity contribution in [1.29, 1.82) is 0 Å². The quantitative estimate of drug-likeness (QED) is 0.617. The van der Waals surface area contributed by atoms with E-state index >= 15 is 0 Å². The van der Waals surface area contributed by atoms with Crippen molar-refractivity contribution in [2.75, 3.05) is 0 Å². The van der Waals surface area contributed by atoms with Crippen LogP contribution in [0.2, 0.25) is 5.54 Å². The molecule has 1 aliphatic rings. The van der Waals surface area contributed by atoms with Gasteiger partial charge in [0.25, 0.3) is 8.32 Å². The summed E-state index contributed by atoms with van der Waals surface area (Å²) in [5.41, 5.74) is 0.271. The zero-order chi connectivity index (χ0) is 17.2. The van der Waals surface area contributed by atoms with E-state index in [1.54, 1.807) is 0 Å². The highest BCUT2D eigenvalue weighted by Gasteiger charge is 2.57. The molecule has 1 heterocycles. The number of rotatable bonds is 5. The van der Waals surface area contributed by atoms with Gasteiger partial charge in [0.1, 0.15) is 6.29 Å². The first-order valence-corrected chi connectivity index (χ1v) is 10.8. The van der Waals surface area contributed by atoms with Crippen LogP contribution in [0.4, 0.5) is 0 Å². The van der Waals surface area contributed by atoms with Crippen LogP contribution in [0.5, 0.6) is 0 Å². The standard InChI is InChI=1S/C21H26O2Si/c1-16(2)21-17(3)20(14-15-22)24(23-21,18-10-6-4-7-11-18)19-12-8-5-9-13-19/h4-13,15-17,20-21H,14H2,1-3H3/t17-,20-,21+/m0/s1. The molecule has 0 aromatic heterocycles. The minimum atomic E-state index is -2.46. The summed E-state index contributed by atoms with van der Waals surface area (Å²) in [4.78, 5) is 11.5. The van der Waals surface area contributed by atoms with Crippen molar-refractivity contribution in [2.24, 2.45) is 11.8 Å². The molecule has 0 radical (unpaired) electrons. The van der Waals surface area contributed by atoms with Gasteiger partial charge >= 0.3 is 0 Å². The topological polar surface area (TPSA) is 26.3 Å². The lowest BCUT2D eigenvalue weighted by Crippen LogP contribution is -2.62. The summed E-state index contributed by atoms with van der Waals surface area (Å²) < 4.78 is 6.94. The molecule has 0 unspecified atom stereocenters. The van der Waals surface area contributed by atoms with Gasteiger partial charge in [0.2, 0.25) is 0 Å². The van der Waals surface area contributed by atoms with Crippen molar-refractivity contribution >= 4 is 25.0 Å². The Morgan fingerprint density at radius 1 is 1.00 bits per heavy atom. The number of benzene rings is 2. The Morgan fingerprint density at radius 3 is 1.92 bits per heavy atom. The average molecular weight is 339 g/mol. The van der Waals surface area contributed by atoms with E-state index in [9.17, 15) is 4.79 Å². The lowest BCUT2D eigenvalue weighted by molar-refractivity contribution is -0.108. The summed E-state index contributed by atoms with van der Waals surface area (Å²) in [7, 11) is -2.46. The molecule has 2 nitrogen and oxygen atoms in total. The van der Waals surface area contributed by atoms with Crippen molar-refractivity contribution in [3.8, 4) is 0 Å². The van der Waals surface area contributed by atoms with Gasteiger partial charge in [-0.2, -0.15) is 0 Å². The van der Waals surface area contributed by atoms with Gasteiger partial charge in [0, 0.05) is 6.42 Å². The van der Waals surface area contributed by atoms with Crippen molar-refractivity contribution in [2.45, 2.75) is 38.8 Å². The van der Waals surface area contributed by atoms with Crippen molar-refractivity contribution in [3.05, 3.63) is 60.7 Å². The van der Waals surface area contributed by atoms with Gasteiger partial charge in [-0.25, -0.2) is 0 Å². The van der Waals surface area contributed by atoms with Gasteiger partial charge in [0.05, 0.1) is 6.10 Å². The van der Waals surface area contributed by atoms with Crippen LogP contribution in [-0.4, -0.2) is 20.7 Å². The first-order valence-electron chi connectivity index (χ1n) is 8.83. The fourth-order valence-electron chi connectivity index (χ4n) is 4.34. The molecule has 126 valence electrons. The van der Waals surface area contributed by atoms with Gasteiger partial charge < -0.3 is 9.22 Å². The van der Waals surface area contributed by atoms with E-state index in [0.29, 0.717) is 18.3 Å². The summed E-state index contributed by atoms with van der Waals surface area (Å²) in [6.45, 7) is 6.71. The molecule has 2 aromatic carbocycles. The van der Waals surface area contributed by atoms with E-state index < -0.39 is 8.32 Å². The predicted molar refractivity (Wildman–Crippen MR) is 101 cm³/mol. The van der Waals surface area contributed by atoms with Gasteiger partial charge in [-0.05, 0) is 27.8 Å². The molecule has 0 saturated carbocycles. The normalized spacial score (nSPS) is 25.8. The molecule has 3 heteroatoms. The lowest BCUT2D eigenvalue weighted by atomic mass is 9.91. The SMILES string of the molecule is CC(C)[C@H]1O[Si](c2ccccc2)(c2ccccc2)[C@@H](CC=O)[C@@H]1C. The molecule has 3 atom stereocenters. The number of carbonyl (C=O) groups excluding carboxylic acids is 1. The van der Waals surface area contributed by atoms with Crippen molar-refractivity contribution in [3.63, 3.8) is 0 Å². The largest absolute Gasteiger partial charge is 0.404 e. The Kier molecular flexibility index (Phi) is 5.02. The number of hydrogen-bond donors (Lipinski definition) is 0. The summed E-state index contributed by atoms with van der Waals surface area (Å²) in [6.07, 6.45) is 1.85. The molecule has 24 heavy (non-hydrogen) atoms. The Balaban J connectivity index is 2.22. The highest BCUT2D eigenvalue weighted by molar-refractivity contribution is 6.99. The van der Waals surface area contributed by atoms with Crippen LogP contribution in [-0.2, 0) is 9.22 Å². The van der Waals surface area contributed by atoms with Gasteiger partial charge in [-0.3, -0.25) is 0 Å². The molecule has 0 N–H and O–H groups in total. The van der Waals surface area contributed by atoms with Gasteiger partial charge in [0.15, 0.2) is 0 Å². The first-order chi connectivity index (χ1) is 11.6. The fourth-order valence-corrected chi connectivity index (χ4v) is 9.62. The second-order valence-electron chi connectivity index (χ2n) is 7.16. The van der Waals surface area contributed by atoms with E-state index in [0.717, 1.165) is 6.29 Å². The van der Waals surface area contributed by atoms with Crippen molar-refractivity contribution in [1.82, 2.24) is 0 Å². The molecule has 0 bridgehead atoms. The van der Waals surface area contributed by atoms with Gasteiger partial charge in [-0.15, -0.1) is 0 Å². The Bertz CT molecular complexity index is 629. The highest BCUT2D eigenvalue weighted by atomic mass is 28.4. The number of hydrogen-bond acceptors (Lipinski definition) is 2. The maximum Gasteiger partial charge on any atom is 0.259 e. The molecular formula is C21H26O2Si. The van der Waals surface area contributed by atoms with Crippen LogP contribution in [0.1, 0.15) is 27.2 Å². The molecule has 2 aromatic rings. The zero-order valence-corrected chi connectivity index (χ0v) is 15.7. The van der Waals surface area contributed by atoms with E-state index in [4.69, 9.17) is 4.43 Å². The van der Waals surface area contributed by atoms with Crippen molar-refractivity contribution < 1.29 is 9.22 Å². The summed E-state index contributed by atoms with van der Waals surface area (Å²) >= 11 is 0. The molecular weight excluding hydrogens is 312 g/mol. The molecule has 1 saturated heterocycles. The summed E-state index contributed by atoms with van der Waals surface area (Å²) in [5, 5.41) is 2.55. The maximum absolute atomic E-state index is 11.5. The van der Waals surface area contributed by atoms with Crippen LogP contribution in [0.25, 0.3) is 0 Å². The molecule has 0 aliphatic carbocycles. The van der Waals surface area contributed by atoms with E-state index in [2.05, 4.69) is 69.3 Å².